The number of hydrogen-bond acceptors (Lipinski definition) is 4. The predicted octanol–water partition coefficient (Wildman–Crippen LogP) is 2.05. The number of aromatic nitrogens is 2. The van der Waals surface area contributed by atoms with Crippen LogP contribution in [0.5, 0.6) is 0 Å². The second-order valence-corrected chi connectivity index (χ2v) is 7.09. The number of nitrogens with zero attached hydrogens (tertiary/aromatic N) is 2. The molecular weight excluding hydrogens is 306 g/mol. The van der Waals surface area contributed by atoms with Crippen LogP contribution in [0.2, 0.25) is 0 Å². The second kappa shape index (κ2) is 7.34. The zero-order valence-electron chi connectivity index (χ0n) is 14.5. The molecule has 2 unspecified atom stereocenters. The van der Waals surface area contributed by atoms with Crippen LogP contribution in [0.25, 0.3) is 0 Å². The van der Waals surface area contributed by atoms with Crippen molar-refractivity contribution in [3.05, 3.63) is 11.8 Å². The Morgan fingerprint density at radius 1 is 1.42 bits per heavy atom. The summed E-state index contributed by atoms with van der Waals surface area (Å²) in [6.45, 7) is 3.83. The second-order valence-electron chi connectivity index (χ2n) is 7.09. The first-order valence-corrected chi connectivity index (χ1v) is 8.92. The van der Waals surface area contributed by atoms with E-state index in [2.05, 4.69) is 21.0 Å². The number of anilines is 1. The number of amides is 2. The van der Waals surface area contributed by atoms with Gasteiger partial charge in [-0.2, -0.15) is 5.10 Å². The van der Waals surface area contributed by atoms with Gasteiger partial charge in [0.1, 0.15) is 5.82 Å². The van der Waals surface area contributed by atoms with Gasteiger partial charge in [-0.1, -0.05) is 25.7 Å². The van der Waals surface area contributed by atoms with Crippen LogP contribution in [-0.2, 0) is 9.59 Å². The van der Waals surface area contributed by atoms with Crippen molar-refractivity contribution >= 4 is 17.6 Å². The van der Waals surface area contributed by atoms with Crippen LogP contribution in [0.15, 0.2) is 6.07 Å². The van der Waals surface area contributed by atoms with Crippen molar-refractivity contribution in [3.63, 3.8) is 0 Å². The number of carbonyl (C=O) groups is 2. The fraction of sp³-hybridized carbons (Fsp3) is 0.706. The number of hydrogen-bond donors (Lipinski definition) is 3. The third-order valence-electron chi connectivity index (χ3n) is 4.86. The lowest BCUT2D eigenvalue weighted by Gasteiger charge is -2.30. The summed E-state index contributed by atoms with van der Waals surface area (Å²) in [7, 11) is 0. The lowest BCUT2D eigenvalue weighted by molar-refractivity contribution is -0.125. The largest absolute Gasteiger partial charge is 0.322 e. The van der Waals surface area contributed by atoms with E-state index >= 15 is 0 Å². The van der Waals surface area contributed by atoms with E-state index in [-0.39, 0.29) is 17.9 Å². The van der Waals surface area contributed by atoms with Gasteiger partial charge in [0.05, 0.1) is 5.69 Å². The Bertz CT molecular complexity index is 606. The van der Waals surface area contributed by atoms with Crippen molar-refractivity contribution < 1.29 is 9.59 Å². The highest BCUT2D eigenvalue weighted by molar-refractivity contribution is 5.90. The summed E-state index contributed by atoms with van der Waals surface area (Å²) in [6.07, 6.45) is 6.59. The Balaban J connectivity index is 1.62. The molecule has 24 heavy (non-hydrogen) atoms. The van der Waals surface area contributed by atoms with Gasteiger partial charge in [-0.3, -0.25) is 14.9 Å². The van der Waals surface area contributed by atoms with E-state index in [0.29, 0.717) is 24.6 Å². The summed E-state index contributed by atoms with van der Waals surface area (Å²) in [6, 6.07) is 1.90. The smallest absolute Gasteiger partial charge is 0.225 e. The standard InChI is InChI=1S/C17H27N5O2/c1-11-10-16(24)20-17(18-11)22-14(9-12(2)21-22)19-15(23)8-7-13-5-3-4-6-13/h9,11,13,17-18H,3-8,10H2,1-2H3,(H,19,23)(H,20,24). The average molecular weight is 333 g/mol. The van der Waals surface area contributed by atoms with Gasteiger partial charge in [0.15, 0.2) is 6.29 Å². The predicted molar refractivity (Wildman–Crippen MR) is 91.2 cm³/mol. The van der Waals surface area contributed by atoms with Crippen molar-refractivity contribution in [2.75, 3.05) is 5.32 Å². The van der Waals surface area contributed by atoms with Crippen LogP contribution < -0.4 is 16.0 Å². The normalized spacial score (nSPS) is 24.8. The number of rotatable bonds is 5. The molecule has 1 saturated carbocycles. The zero-order valence-corrected chi connectivity index (χ0v) is 14.5. The van der Waals surface area contributed by atoms with Crippen molar-refractivity contribution in [3.8, 4) is 0 Å². The molecule has 2 heterocycles. The van der Waals surface area contributed by atoms with Crippen molar-refractivity contribution in [2.45, 2.75) is 71.1 Å². The van der Waals surface area contributed by atoms with E-state index in [1.165, 1.54) is 25.7 Å². The number of carbonyl (C=O) groups excluding carboxylic acids is 2. The van der Waals surface area contributed by atoms with Crippen LogP contribution in [-0.4, -0.2) is 27.6 Å². The van der Waals surface area contributed by atoms with Gasteiger partial charge in [0.2, 0.25) is 11.8 Å². The molecule has 3 N–H and O–H groups in total. The van der Waals surface area contributed by atoms with Gasteiger partial charge in [0.25, 0.3) is 0 Å². The number of aryl methyl sites for hydroxylation is 1. The maximum absolute atomic E-state index is 12.3. The molecule has 3 rings (SSSR count). The molecule has 1 saturated heterocycles. The molecule has 2 amide bonds. The molecular formula is C17H27N5O2. The summed E-state index contributed by atoms with van der Waals surface area (Å²) in [5, 5.41) is 13.5. The molecule has 2 aliphatic rings. The number of nitrogens with one attached hydrogen (secondary N) is 3. The molecule has 0 radical (unpaired) electrons. The third kappa shape index (κ3) is 4.14. The fourth-order valence-corrected chi connectivity index (χ4v) is 3.64. The van der Waals surface area contributed by atoms with Crippen LogP contribution in [0.3, 0.4) is 0 Å². The molecule has 132 valence electrons. The molecule has 1 aliphatic heterocycles. The Kier molecular flexibility index (Phi) is 5.18. The summed E-state index contributed by atoms with van der Waals surface area (Å²) in [4.78, 5) is 24.0. The van der Waals surface area contributed by atoms with Crippen LogP contribution in [0.1, 0.15) is 63.9 Å². The van der Waals surface area contributed by atoms with Gasteiger partial charge in [-0.15, -0.1) is 0 Å². The first-order valence-electron chi connectivity index (χ1n) is 8.92. The molecule has 0 aromatic carbocycles. The average Bonchev–Trinajstić information content (AvgIpc) is 3.14. The minimum atomic E-state index is -0.430. The summed E-state index contributed by atoms with van der Waals surface area (Å²) >= 11 is 0. The molecule has 0 spiro atoms. The van der Waals surface area contributed by atoms with E-state index in [4.69, 9.17) is 0 Å². The summed E-state index contributed by atoms with van der Waals surface area (Å²) < 4.78 is 1.65. The molecule has 1 aromatic rings. The van der Waals surface area contributed by atoms with Crippen LogP contribution >= 0.6 is 0 Å². The zero-order chi connectivity index (χ0) is 17.1. The molecule has 0 bridgehead atoms. The van der Waals surface area contributed by atoms with E-state index in [9.17, 15) is 9.59 Å². The Morgan fingerprint density at radius 2 is 2.17 bits per heavy atom. The molecule has 2 fully saturated rings. The highest BCUT2D eigenvalue weighted by Gasteiger charge is 2.26. The Hall–Kier alpha value is -1.89. The quantitative estimate of drug-likeness (QED) is 0.769. The van der Waals surface area contributed by atoms with E-state index in [1.807, 2.05) is 19.9 Å². The van der Waals surface area contributed by atoms with Gasteiger partial charge >= 0.3 is 0 Å². The minimum Gasteiger partial charge on any atom is -0.322 e. The lowest BCUT2D eigenvalue weighted by atomic mass is 10.0. The maximum atomic E-state index is 12.3. The topological polar surface area (TPSA) is 88.0 Å². The molecule has 1 aromatic heterocycles. The SMILES string of the molecule is Cc1cc(NC(=O)CCC2CCCC2)n(C2NC(=O)CC(C)N2)n1. The van der Waals surface area contributed by atoms with Crippen molar-refractivity contribution in [1.82, 2.24) is 20.4 Å². The van der Waals surface area contributed by atoms with Gasteiger partial charge in [-0.25, -0.2) is 4.68 Å². The third-order valence-corrected chi connectivity index (χ3v) is 4.86. The van der Waals surface area contributed by atoms with Crippen molar-refractivity contribution in [2.24, 2.45) is 5.92 Å². The summed E-state index contributed by atoms with van der Waals surface area (Å²) in [5.74, 6) is 1.31. The first kappa shape index (κ1) is 17.0. The van der Waals surface area contributed by atoms with Gasteiger partial charge in [0, 0.05) is 24.9 Å². The Labute approximate surface area is 142 Å². The highest BCUT2D eigenvalue weighted by Crippen LogP contribution is 2.28. The fourth-order valence-electron chi connectivity index (χ4n) is 3.64. The van der Waals surface area contributed by atoms with E-state index in [0.717, 1.165) is 12.1 Å². The molecule has 7 nitrogen and oxygen atoms in total. The Morgan fingerprint density at radius 3 is 2.88 bits per heavy atom. The van der Waals surface area contributed by atoms with Crippen LogP contribution in [0, 0.1) is 12.8 Å². The maximum Gasteiger partial charge on any atom is 0.225 e. The minimum absolute atomic E-state index is 0.0123. The van der Waals surface area contributed by atoms with Gasteiger partial charge in [-0.05, 0) is 26.2 Å². The lowest BCUT2D eigenvalue weighted by Crippen LogP contribution is -2.52. The van der Waals surface area contributed by atoms with Gasteiger partial charge < -0.3 is 10.6 Å². The van der Waals surface area contributed by atoms with E-state index < -0.39 is 6.29 Å². The van der Waals surface area contributed by atoms with Crippen molar-refractivity contribution in [1.29, 1.82) is 0 Å². The first-order chi connectivity index (χ1) is 11.5. The van der Waals surface area contributed by atoms with E-state index in [1.54, 1.807) is 4.68 Å². The monoisotopic (exact) mass is 333 g/mol. The van der Waals surface area contributed by atoms with Crippen LogP contribution in [0.4, 0.5) is 5.82 Å². The molecule has 1 aliphatic carbocycles. The molecule has 2 atom stereocenters. The summed E-state index contributed by atoms with van der Waals surface area (Å²) in [5.41, 5.74) is 0.801. The molecule has 7 heteroatoms. The highest BCUT2D eigenvalue weighted by atomic mass is 16.2.